The number of hydrogen-bond donors (Lipinski definition) is 1. The topological polar surface area (TPSA) is 75.7 Å². The van der Waals surface area contributed by atoms with E-state index in [4.69, 9.17) is 27.9 Å². The normalized spacial score (nSPS) is 18.1. The van der Waals surface area contributed by atoms with Crippen molar-refractivity contribution in [3.05, 3.63) is 79.0 Å². The van der Waals surface area contributed by atoms with Crippen LogP contribution in [-0.2, 0) is 14.4 Å². The molecule has 1 aliphatic heterocycles. The Morgan fingerprint density at radius 2 is 1.62 bits per heavy atom. The number of nitrogens with zero attached hydrogens (tertiary/aromatic N) is 1. The third-order valence-corrected chi connectivity index (χ3v) is 8.45. The van der Waals surface area contributed by atoms with Crippen LogP contribution in [0.2, 0.25) is 10.0 Å². The van der Waals surface area contributed by atoms with E-state index in [0.717, 1.165) is 53.8 Å². The first-order valence-corrected chi connectivity index (χ1v) is 13.7. The van der Waals surface area contributed by atoms with E-state index >= 15 is 0 Å². The van der Waals surface area contributed by atoms with Crippen LogP contribution in [-0.4, -0.2) is 36.0 Å². The van der Waals surface area contributed by atoms with Gasteiger partial charge in [0.1, 0.15) is 5.75 Å². The lowest BCUT2D eigenvalue weighted by Crippen LogP contribution is -2.37. The number of rotatable bonds is 5. The summed E-state index contributed by atoms with van der Waals surface area (Å²) in [6, 6.07) is 10.4. The molecule has 3 aliphatic rings. The van der Waals surface area contributed by atoms with Crippen LogP contribution in [0.25, 0.3) is 0 Å². The summed E-state index contributed by atoms with van der Waals surface area (Å²) in [5.74, 6) is -0.0359. The average Bonchev–Trinajstić information content (AvgIpc) is 2.87. The molecule has 0 bridgehead atoms. The van der Waals surface area contributed by atoms with Gasteiger partial charge in [0.05, 0.1) is 14.5 Å². The summed E-state index contributed by atoms with van der Waals surface area (Å²) in [5.41, 5.74) is 4.92. The van der Waals surface area contributed by atoms with E-state index < -0.39 is 0 Å². The second-order valence-electron chi connectivity index (χ2n) is 9.42. The molecule has 2 aromatic rings. The monoisotopic (exact) mass is 602 g/mol. The summed E-state index contributed by atoms with van der Waals surface area (Å²) < 4.78 is 6.40. The summed E-state index contributed by atoms with van der Waals surface area (Å²) in [4.78, 5) is 40.8. The molecular weight excluding hydrogens is 579 g/mol. The fraction of sp³-hybridized carbons (Fsp3) is 0.321. The standard InChI is InChI=1S/C28H25BrCl2N2O4/c1-33-20-4-2-6-22(34)27(20)26(28-21(33)5-3-7-23(28)35)15-8-11-24(17(29)12-15)37-14-25(36)32-16-9-10-18(30)19(31)13-16/h8-13,26H,2-7,14H2,1H3,(H,32,36). The van der Waals surface area contributed by atoms with E-state index in [0.29, 0.717) is 38.8 Å². The van der Waals surface area contributed by atoms with Crippen molar-refractivity contribution >= 4 is 62.3 Å². The van der Waals surface area contributed by atoms with Gasteiger partial charge in [-0.2, -0.15) is 0 Å². The van der Waals surface area contributed by atoms with Gasteiger partial charge >= 0.3 is 0 Å². The summed E-state index contributed by atoms with van der Waals surface area (Å²) in [5, 5.41) is 3.47. The second kappa shape index (κ2) is 10.6. The second-order valence-corrected chi connectivity index (χ2v) is 11.1. The van der Waals surface area contributed by atoms with Crippen molar-refractivity contribution in [2.45, 2.75) is 44.4 Å². The minimum atomic E-state index is -0.384. The number of benzene rings is 2. The Hall–Kier alpha value is -2.61. The van der Waals surface area contributed by atoms with Crippen molar-refractivity contribution < 1.29 is 19.1 Å². The number of Topliss-reactive ketones (excluding diaryl/α,β-unsaturated/α-hetero) is 2. The first-order chi connectivity index (χ1) is 17.7. The summed E-state index contributed by atoms with van der Waals surface area (Å²) >= 11 is 15.5. The molecule has 1 heterocycles. The molecule has 192 valence electrons. The number of allylic oxidation sites excluding steroid dienone is 4. The number of carbonyl (C=O) groups is 3. The van der Waals surface area contributed by atoms with Crippen LogP contribution in [0.3, 0.4) is 0 Å². The Morgan fingerprint density at radius 1 is 0.973 bits per heavy atom. The maximum atomic E-state index is 13.1. The van der Waals surface area contributed by atoms with Crippen molar-refractivity contribution in [3.8, 4) is 5.75 Å². The molecule has 0 atom stereocenters. The van der Waals surface area contributed by atoms with Gasteiger partial charge < -0.3 is 15.0 Å². The van der Waals surface area contributed by atoms with E-state index in [-0.39, 0.29) is 30.0 Å². The van der Waals surface area contributed by atoms with Gasteiger partial charge in [0.15, 0.2) is 18.2 Å². The summed E-state index contributed by atoms with van der Waals surface area (Å²) in [6.07, 6.45) is 4.30. The number of halogens is 3. The van der Waals surface area contributed by atoms with Gasteiger partial charge in [-0.25, -0.2) is 0 Å². The summed E-state index contributed by atoms with van der Waals surface area (Å²) in [6.45, 7) is -0.214. The van der Waals surface area contributed by atoms with Gasteiger partial charge in [0, 0.05) is 54.0 Å². The van der Waals surface area contributed by atoms with Crippen LogP contribution >= 0.6 is 39.1 Å². The zero-order valence-electron chi connectivity index (χ0n) is 20.2. The maximum Gasteiger partial charge on any atom is 0.262 e. The number of hydrogen-bond acceptors (Lipinski definition) is 5. The number of ether oxygens (including phenoxy) is 1. The molecular formula is C28H25BrCl2N2O4. The minimum absolute atomic E-state index is 0.110. The smallest absolute Gasteiger partial charge is 0.262 e. The molecule has 0 unspecified atom stereocenters. The Kier molecular flexibility index (Phi) is 7.48. The van der Waals surface area contributed by atoms with Crippen LogP contribution in [0.15, 0.2) is 63.4 Å². The number of anilines is 1. The van der Waals surface area contributed by atoms with Crippen LogP contribution in [0.1, 0.15) is 50.0 Å². The van der Waals surface area contributed by atoms with Crippen molar-refractivity contribution in [3.63, 3.8) is 0 Å². The molecule has 0 aromatic heterocycles. The van der Waals surface area contributed by atoms with Crippen LogP contribution in [0, 0.1) is 0 Å². The Morgan fingerprint density at radius 3 is 2.22 bits per heavy atom. The largest absolute Gasteiger partial charge is 0.483 e. The van der Waals surface area contributed by atoms with Crippen molar-refractivity contribution in [1.29, 1.82) is 0 Å². The lowest BCUT2D eigenvalue weighted by atomic mass is 9.71. The average molecular weight is 604 g/mol. The highest BCUT2D eigenvalue weighted by Gasteiger charge is 2.42. The van der Waals surface area contributed by atoms with Crippen LogP contribution < -0.4 is 10.1 Å². The van der Waals surface area contributed by atoms with E-state index in [2.05, 4.69) is 26.1 Å². The van der Waals surface area contributed by atoms with E-state index in [1.165, 1.54) is 0 Å². The minimum Gasteiger partial charge on any atom is -0.483 e. The molecule has 2 aliphatic carbocycles. The van der Waals surface area contributed by atoms with Gasteiger partial charge in [0.25, 0.3) is 5.91 Å². The number of amides is 1. The fourth-order valence-corrected chi connectivity index (χ4v) is 6.22. The van der Waals surface area contributed by atoms with Gasteiger partial charge in [-0.15, -0.1) is 0 Å². The quantitative estimate of drug-likeness (QED) is 0.406. The molecule has 0 saturated heterocycles. The van der Waals surface area contributed by atoms with E-state index in [9.17, 15) is 14.4 Å². The first kappa shape index (κ1) is 26.0. The van der Waals surface area contributed by atoms with Crippen molar-refractivity contribution in [1.82, 2.24) is 4.90 Å². The predicted molar refractivity (Wildman–Crippen MR) is 147 cm³/mol. The maximum absolute atomic E-state index is 13.1. The predicted octanol–water partition coefficient (Wildman–Crippen LogP) is 6.82. The zero-order valence-corrected chi connectivity index (χ0v) is 23.3. The van der Waals surface area contributed by atoms with Crippen molar-refractivity contribution in [2.24, 2.45) is 0 Å². The van der Waals surface area contributed by atoms with Crippen LogP contribution in [0.4, 0.5) is 5.69 Å². The molecule has 6 nitrogen and oxygen atoms in total. The Labute approximate surface area is 233 Å². The molecule has 0 radical (unpaired) electrons. The Bertz CT molecular complexity index is 1340. The number of ketones is 2. The van der Waals surface area contributed by atoms with Gasteiger partial charge in [-0.3, -0.25) is 14.4 Å². The molecule has 37 heavy (non-hydrogen) atoms. The van der Waals surface area contributed by atoms with Gasteiger partial charge in [0.2, 0.25) is 0 Å². The lowest BCUT2D eigenvalue weighted by molar-refractivity contribution is -0.118. The molecule has 0 spiro atoms. The summed E-state index contributed by atoms with van der Waals surface area (Å²) in [7, 11) is 1.98. The molecule has 9 heteroatoms. The van der Waals surface area contributed by atoms with E-state index in [1.54, 1.807) is 24.3 Å². The highest BCUT2D eigenvalue weighted by atomic mass is 79.9. The Balaban J connectivity index is 1.39. The molecule has 5 rings (SSSR count). The number of nitrogens with one attached hydrogen (secondary N) is 1. The third kappa shape index (κ3) is 5.09. The van der Waals surface area contributed by atoms with Gasteiger partial charge in [-0.05, 0) is 77.5 Å². The lowest BCUT2D eigenvalue weighted by Gasteiger charge is -2.42. The van der Waals surface area contributed by atoms with Crippen LogP contribution in [0.5, 0.6) is 5.75 Å². The zero-order chi connectivity index (χ0) is 26.3. The molecule has 1 amide bonds. The number of carbonyl (C=O) groups excluding carboxylic acids is 3. The SMILES string of the molecule is CN1C2=C(C(=O)CCC2)C(c2ccc(OCC(=O)Nc3ccc(Cl)c(Cl)c3)c(Br)c2)C2=C1CCCC2=O. The highest BCUT2D eigenvalue weighted by Crippen LogP contribution is 2.49. The first-order valence-electron chi connectivity index (χ1n) is 12.2. The highest BCUT2D eigenvalue weighted by molar-refractivity contribution is 9.10. The van der Waals surface area contributed by atoms with Crippen molar-refractivity contribution in [2.75, 3.05) is 19.0 Å². The fourth-order valence-electron chi connectivity index (χ4n) is 5.41. The third-order valence-electron chi connectivity index (χ3n) is 7.10. The molecule has 0 saturated carbocycles. The molecule has 1 N–H and O–H groups in total. The molecule has 0 fully saturated rings. The van der Waals surface area contributed by atoms with Gasteiger partial charge in [-0.1, -0.05) is 29.3 Å². The van der Waals surface area contributed by atoms with E-state index in [1.807, 2.05) is 19.2 Å². The molecule has 2 aromatic carbocycles.